The van der Waals surface area contributed by atoms with Crippen LogP contribution in [-0.4, -0.2) is 24.8 Å². The fourth-order valence-electron chi connectivity index (χ4n) is 5.38. The minimum atomic E-state index is -0.740. The summed E-state index contributed by atoms with van der Waals surface area (Å²) < 4.78 is 5.12. The summed E-state index contributed by atoms with van der Waals surface area (Å²) in [5, 5.41) is 10.2. The first-order valence-electron chi connectivity index (χ1n) is 9.21. The Morgan fingerprint density at radius 2 is 2.12 bits per heavy atom. The van der Waals surface area contributed by atoms with Crippen molar-refractivity contribution in [3.63, 3.8) is 0 Å². The molecule has 3 rings (SSSR count). The number of ether oxygens (including phenoxy) is 1. The smallest absolute Gasteiger partial charge is 0.314 e. The van der Waals surface area contributed by atoms with Crippen molar-refractivity contribution in [3.8, 4) is 0 Å². The molecule has 3 nitrogen and oxygen atoms in total. The lowest BCUT2D eigenvalue weighted by atomic mass is 9.49. The predicted octanol–water partition coefficient (Wildman–Crippen LogP) is 3.97. The van der Waals surface area contributed by atoms with Crippen LogP contribution in [0.3, 0.4) is 0 Å². The van der Waals surface area contributed by atoms with Gasteiger partial charge in [0, 0.05) is 0 Å². The summed E-state index contributed by atoms with van der Waals surface area (Å²) in [4.78, 5) is 12.6. The maximum Gasteiger partial charge on any atom is 0.314 e. The number of hydrogen-bond acceptors (Lipinski definition) is 3. The Kier molecular flexibility index (Phi) is 4.50. The third-order valence-corrected chi connectivity index (χ3v) is 6.74. The number of carbonyl (C=O) groups is 1. The Bertz CT molecular complexity index is 636. The van der Waals surface area contributed by atoms with E-state index in [9.17, 15) is 9.90 Å². The molecule has 0 aliphatic heterocycles. The van der Waals surface area contributed by atoms with E-state index in [0.717, 1.165) is 32.1 Å². The quantitative estimate of drug-likeness (QED) is 0.853. The molecule has 0 aromatic heterocycles. The molecule has 1 fully saturated rings. The first-order valence-corrected chi connectivity index (χ1v) is 9.21. The molecule has 1 aromatic carbocycles. The molecule has 1 saturated carbocycles. The molecular weight excluding hydrogens is 300 g/mol. The van der Waals surface area contributed by atoms with Crippen LogP contribution in [-0.2, 0) is 21.4 Å². The van der Waals surface area contributed by atoms with Gasteiger partial charge in [-0.15, -0.1) is 0 Å². The Morgan fingerprint density at radius 1 is 1.38 bits per heavy atom. The van der Waals surface area contributed by atoms with Gasteiger partial charge >= 0.3 is 5.97 Å². The van der Waals surface area contributed by atoms with Crippen LogP contribution in [0, 0.1) is 11.3 Å². The van der Waals surface area contributed by atoms with E-state index in [1.807, 2.05) is 0 Å². The molecule has 0 spiro atoms. The maximum absolute atomic E-state index is 12.6. The Balaban J connectivity index is 2.08. The topological polar surface area (TPSA) is 46.5 Å². The number of fused-ring (bicyclic) bond motifs is 3. The number of benzene rings is 1. The zero-order chi connectivity index (χ0) is 17.5. The van der Waals surface area contributed by atoms with Crippen LogP contribution in [0.1, 0.15) is 69.1 Å². The number of aliphatic hydroxyl groups excluding tert-OH is 1. The van der Waals surface area contributed by atoms with E-state index >= 15 is 0 Å². The fraction of sp³-hybridized carbons (Fsp3) is 0.667. The van der Waals surface area contributed by atoms with Crippen LogP contribution in [0.4, 0.5) is 0 Å². The van der Waals surface area contributed by atoms with Crippen LogP contribution in [0.15, 0.2) is 18.2 Å². The van der Waals surface area contributed by atoms with Gasteiger partial charge < -0.3 is 9.84 Å². The maximum atomic E-state index is 12.6. The number of rotatable bonds is 3. The third-order valence-electron chi connectivity index (χ3n) is 6.74. The molecular formula is C21H30O3. The minimum absolute atomic E-state index is 0.0573. The SMILES string of the molecule is COC(=O)[C@@]1(CO)CCC[C@]2(C)c3ccc(C(C)C)cc3CC[C@@H]12. The highest BCUT2D eigenvalue weighted by atomic mass is 16.5. The molecule has 0 radical (unpaired) electrons. The number of methoxy groups -OCH3 is 1. The molecule has 3 atom stereocenters. The van der Waals surface area contributed by atoms with E-state index in [1.54, 1.807) is 0 Å². The zero-order valence-corrected chi connectivity index (χ0v) is 15.4. The largest absolute Gasteiger partial charge is 0.469 e. The van der Waals surface area contributed by atoms with Gasteiger partial charge in [-0.1, -0.05) is 45.4 Å². The van der Waals surface area contributed by atoms with Crippen molar-refractivity contribution in [2.45, 2.75) is 64.2 Å². The van der Waals surface area contributed by atoms with Crippen LogP contribution < -0.4 is 0 Å². The molecule has 2 aliphatic carbocycles. The van der Waals surface area contributed by atoms with Gasteiger partial charge in [0.15, 0.2) is 0 Å². The van der Waals surface area contributed by atoms with Crippen LogP contribution in [0.5, 0.6) is 0 Å². The van der Waals surface area contributed by atoms with Gasteiger partial charge in [0.1, 0.15) is 0 Å². The van der Waals surface area contributed by atoms with E-state index in [4.69, 9.17) is 4.74 Å². The van der Waals surface area contributed by atoms with Crippen LogP contribution in [0.2, 0.25) is 0 Å². The van der Waals surface area contributed by atoms with Gasteiger partial charge in [0.25, 0.3) is 0 Å². The molecule has 1 aromatic rings. The van der Waals surface area contributed by atoms with Gasteiger partial charge in [-0.2, -0.15) is 0 Å². The number of carbonyl (C=O) groups excluding carboxylic acids is 1. The highest BCUT2D eigenvalue weighted by molar-refractivity contribution is 5.78. The fourth-order valence-corrected chi connectivity index (χ4v) is 5.38. The summed E-state index contributed by atoms with van der Waals surface area (Å²) in [5.41, 5.74) is 3.39. The average molecular weight is 330 g/mol. The monoisotopic (exact) mass is 330 g/mol. The molecule has 0 unspecified atom stereocenters. The second kappa shape index (κ2) is 6.18. The molecule has 0 bridgehead atoms. The molecule has 0 saturated heterocycles. The molecule has 24 heavy (non-hydrogen) atoms. The Hall–Kier alpha value is -1.35. The van der Waals surface area contributed by atoms with Gasteiger partial charge in [-0.3, -0.25) is 4.79 Å². The van der Waals surface area contributed by atoms with Crippen molar-refractivity contribution in [1.29, 1.82) is 0 Å². The highest BCUT2D eigenvalue weighted by Gasteiger charge is 2.57. The minimum Gasteiger partial charge on any atom is -0.469 e. The first kappa shape index (κ1) is 17.5. The number of aliphatic hydroxyl groups is 1. The second-order valence-corrected chi connectivity index (χ2v) is 8.24. The Labute approximate surface area is 145 Å². The van der Waals surface area contributed by atoms with E-state index in [-0.39, 0.29) is 23.9 Å². The van der Waals surface area contributed by atoms with E-state index < -0.39 is 5.41 Å². The van der Waals surface area contributed by atoms with Gasteiger partial charge in [-0.05, 0) is 59.6 Å². The predicted molar refractivity (Wildman–Crippen MR) is 95.1 cm³/mol. The van der Waals surface area contributed by atoms with Gasteiger partial charge in [0.05, 0.1) is 19.1 Å². The van der Waals surface area contributed by atoms with E-state index in [2.05, 4.69) is 39.0 Å². The molecule has 0 amide bonds. The lowest BCUT2D eigenvalue weighted by Crippen LogP contribution is -2.55. The van der Waals surface area contributed by atoms with Gasteiger partial charge in [0.2, 0.25) is 0 Å². The summed E-state index contributed by atoms with van der Waals surface area (Å²) in [6.07, 6.45) is 4.68. The average Bonchev–Trinajstić information content (AvgIpc) is 2.59. The third kappa shape index (κ3) is 2.40. The number of esters is 1. The normalized spacial score (nSPS) is 32.2. The molecule has 132 valence electrons. The van der Waals surface area contributed by atoms with Crippen molar-refractivity contribution in [2.24, 2.45) is 11.3 Å². The highest BCUT2D eigenvalue weighted by Crippen LogP contribution is 2.57. The van der Waals surface area contributed by atoms with Crippen molar-refractivity contribution in [1.82, 2.24) is 0 Å². The van der Waals surface area contributed by atoms with Crippen molar-refractivity contribution >= 4 is 5.97 Å². The summed E-state index contributed by atoms with van der Waals surface area (Å²) in [5.74, 6) is 0.440. The van der Waals surface area contributed by atoms with Crippen LogP contribution in [0.25, 0.3) is 0 Å². The molecule has 2 aliphatic rings. The van der Waals surface area contributed by atoms with Gasteiger partial charge in [-0.25, -0.2) is 0 Å². The second-order valence-electron chi connectivity index (χ2n) is 8.24. The first-order chi connectivity index (χ1) is 11.4. The summed E-state index contributed by atoms with van der Waals surface area (Å²) in [7, 11) is 1.44. The lowest BCUT2D eigenvalue weighted by molar-refractivity contribution is -0.167. The summed E-state index contributed by atoms with van der Waals surface area (Å²) in [6, 6.07) is 6.88. The Morgan fingerprint density at radius 3 is 2.75 bits per heavy atom. The number of hydrogen-bond donors (Lipinski definition) is 1. The van der Waals surface area contributed by atoms with Crippen molar-refractivity contribution in [2.75, 3.05) is 13.7 Å². The van der Waals surface area contributed by atoms with Crippen LogP contribution >= 0.6 is 0 Å². The summed E-state index contributed by atoms with van der Waals surface area (Å²) in [6.45, 7) is 6.63. The lowest BCUT2D eigenvalue weighted by Gasteiger charge is -2.54. The number of aryl methyl sites for hydroxylation is 1. The zero-order valence-electron chi connectivity index (χ0n) is 15.4. The molecule has 1 N–H and O–H groups in total. The van der Waals surface area contributed by atoms with E-state index in [1.165, 1.54) is 23.8 Å². The van der Waals surface area contributed by atoms with Crippen molar-refractivity contribution in [3.05, 3.63) is 34.9 Å². The molecule has 3 heteroatoms. The summed E-state index contributed by atoms with van der Waals surface area (Å²) >= 11 is 0. The standard InChI is InChI=1S/C21H30O3/c1-14(2)15-6-8-17-16(12-15)7-9-18-20(17,3)10-5-11-21(18,13-22)19(23)24-4/h6,8,12,14,18,22H,5,7,9-11,13H2,1-4H3/t18-,20-,21-/m1/s1. The van der Waals surface area contributed by atoms with E-state index in [0.29, 0.717) is 5.92 Å². The van der Waals surface area contributed by atoms with Crippen molar-refractivity contribution < 1.29 is 14.6 Å². The molecule has 0 heterocycles.